The quantitative estimate of drug-likeness (QED) is 0.412. The Kier molecular flexibility index (Phi) is 8.09. The number of aliphatic carboxylic acids is 1. The maximum Gasteiger partial charge on any atom is 0.573 e. The van der Waals surface area contributed by atoms with Gasteiger partial charge in [0.15, 0.2) is 0 Å². The number of carbonyl (C=O) groups is 2. The number of hydrogen-bond donors (Lipinski definition) is 0. The molecule has 3 aromatic rings. The van der Waals surface area contributed by atoms with Gasteiger partial charge < -0.3 is 24.4 Å². The fourth-order valence-electron chi connectivity index (χ4n) is 4.08. The molecular formula is C29H30F3N2O4-. The van der Waals surface area contributed by atoms with Gasteiger partial charge in [-0.3, -0.25) is 4.79 Å². The molecule has 202 valence electrons. The molecule has 3 rings (SSSR count). The van der Waals surface area contributed by atoms with E-state index in [1.807, 2.05) is 29.2 Å². The molecule has 0 aliphatic heterocycles. The van der Waals surface area contributed by atoms with Gasteiger partial charge in [-0.15, -0.1) is 13.2 Å². The van der Waals surface area contributed by atoms with Crippen LogP contribution in [0.15, 0.2) is 60.7 Å². The van der Waals surface area contributed by atoms with E-state index in [0.717, 1.165) is 21.7 Å². The number of carboxylic acids is 1. The van der Waals surface area contributed by atoms with Crippen molar-refractivity contribution < 1.29 is 32.6 Å². The molecule has 6 nitrogen and oxygen atoms in total. The molecule has 0 saturated carbocycles. The third-order valence-corrected chi connectivity index (χ3v) is 6.07. The van der Waals surface area contributed by atoms with E-state index in [1.54, 1.807) is 33.2 Å². The highest BCUT2D eigenvalue weighted by atomic mass is 19.4. The summed E-state index contributed by atoms with van der Waals surface area (Å²) in [5, 5.41) is 11.7. The Morgan fingerprint density at radius 3 is 1.95 bits per heavy atom. The van der Waals surface area contributed by atoms with Crippen molar-refractivity contribution >= 4 is 23.3 Å². The van der Waals surface area contributed by atoms with Crippen molar-refractivity contribution in [3.8, 4) is 16.9 Å². The van der Waals surface area contributed by atoms with Crippen molar-refractivity contribution in [1.82, 2.24) is 0 Å². The highest BCUT2D eigenvalue weighted by Crippen LogP contribution is 2.38. The van der Waals surface area contributed by atoms with Crippen molar-refractivity contribution in [2.45, 2.75) is 46.0 Å². The van der Waals surface area contributed by atoms with Crippen LogP contribution < -0.4 is 19.6 Å². The number of hydrogen-bond acceptors (Lipinski definition) is 5. The number of anilines is 2. The number of carboxylic acid groups (broad SMARTS) is 1. The predicted molar refractivity (Wildman–Crippen MR) is 139 cm³/mol. The number of aryl methyl sites for hydroxylation is 1. The average molecular weight is 528 g/mol. The maximum absolute atomic E-state index is 12.8. The minimum atomic E-state index is -4.82. The van der Waals surface area contributed by atoms with Gasteiger partial charge in [0.25, 0.3) is 5.91 Å². The van der Waals surface area contributed by atoms with E-state index in [2.05, 4.69) is 25.5 Å². The molecule has 0 unspecified atom stereocenters. The van der Waals surface area contributed by atoms with E-state index in [9.17, 15) is 27.9 Å². The van der Waals surface area contributed by atoms with Gasteiger partial charge in [0.2, 0.25) is 0 Å². The molecule has 0 spiro atoms. The predicted octanol–water partition coefficient (Wildman–Crippen LogP) is 5.21. The molecule has 3 aromatic carbocycles. The monoisotopic (exact) mass is 527 g/mol. The van der Waals surface area contributed by atoms with Gasteiger partial charge in [-0.25, -0.2) is 0 Å². The Labute approximate surface area is 220 Å². The van der Waals surface area contributed by atoms with Gasteiger partial charge in [0.05, 0.1) is 6.54 Å². The standard InChI is InChI=1S/C29H31F3N2O4/c1-18-15-25(33(5)6)23(20-9-13-22(14-10-20)38-29(30,31)32)16-24(18)34(26(35)27(36)37)17-19-7-11-21(12-8-19)28(2,3)4/h7-16H,17H2,1-6H3,(H,36,37)/p-1. The average Bonchev–Trinajstić information content (AvgIpc) is 2.81. The zero-order valence-corrected chi connectivity index (χ0v) is 22.1. The Morgan fingerprint density at radius 1 is 0.895 bits per heavy atom. The Hall–Kier alpha value is -4.01. The molecule has 0 aromatic heterocycles. The van der Waals surface area contributed by atoms with Gasteiger partial charge in [-0.05, 0) is 58.9 Å². The van der Waals surface area contributed by atoms with E-state index in [1.165, 1.54) is 24.3 Å². The second kappa shape index (κ2) is 10.8. The highest BCUT2D eigenvalue weighted by molar-refractivity contribution is 6.36. The lowest BCUT2D eigenvalue weighted by molar-refractivity contribution is -0.300. The summed E-state index contributed by atoms with van der Waals surface area (Å²) in [6.45, 7) is 7.97. The molecule has 0 heterocycles. The first-order valence-corrected chi connectivity index (χ1v) is 11.9. The zero-order valence-electron chi connectivity index (χ0n) is 22.1. The second-order valence-corrected chi connectivity index (χ2v) is 10.2. The van der Waals surface area contributed by atoms with Gasteiger partial charge in [0, 0.05) is 31.0 Å². The number of amides is 1. The summed E-state index contributed by atoms with van der Waals surface area (Å²) in [7, 11) is 3.61. The minimum absolute atomic E-state index is 0.0167. The van der Waals surface area contributed by atoms with Crippen LogP contribution in [0.5, 0.6) is 5.75 Å². The number of rotatable bonds is 6. The van der Waals surface area contributed by atoms with Crippen molar-refractivity contribution in [2.75, 3.05) is 23.9 Å². The normalized spacial score (nSPS) is 11.7. The van der Waals surface area contributed by atoms with Crippen LogP contribution in [-0.2, 0) is 21.5 Å². The van der Waals surface area contributed by atoms with E-state index < -0.39 is 18.2 Å². The van der Waals surface area contributed by atoms with Crippen LogP contribution in [0.1, 0.15) is 37.5 Å². The molecule has 0 fully saturated rings. The summed E-state index contributed by atoms with van der Waals surface area (Å²) in [6, 6.07) is 16.4. The van der Waals surface area contributed by atoms with Crippen molar-refractivity contribution in [2.24, 2.45) is 0 Å². The summed E-state index contributed by atoms with van der Waals surface area (Å²) in [6.07, 6.45) is -4.82. The Bertz CT molecular complexity index is 1310. The fourth-order valence-corrected chi connectivity index (χ4v) is 4.08. The van der Waals surface area contributed by atoms with E-state index in [4.69, 9.17) is 0 Å². The topological polar surface area (TPSA) is 72.9 Å². The first-order valence-electron chi connectivity index (χ1n) is 11.9. The van der Waals surface area contributed by atoms with Crippen LogP contribution in [0.3, 0.4) is 0 Å². The number of alkyl halides is 3. The van der Waals surface area contributed by atoms with Crippen LogP contribution in [0.4, 0.5) is 24.5 Å². The molecule has 0 N–H and O–H groups in total. The summed E-state index contributed by atoms with van der Waals surface area (Å²) < 4.78 is 41.8. The van der Waals surface area contributed by atoms with Crippen LogP contribution in [0, 0.1) is 6.92 Å². The fraction of sp³-hybridized carbons (Fsp3) is 0.310. The molecule has 1 amide bonds. The van der Waals surface area contributed by atoms with Gasteiger partial charge in [-0.1, -0.05) is 57.2 Å². The molecule has 0 aliphatic carbocycles. The number of nitrogens with zero attached hydrogens (tertiary/aromatic N) is 2. The summed E-state index contributed by atoms with van der Waals surface area (Å²) in [5.41, 5.74) is 4.59. The third-order valence-electron chi connectivity index (χ3n) is 6.07. The maximum atomic E-state index is 12.8. The molecular weight excluding hydrogens is 497 g/mol. The van der Waals surface area contributed by atoms with Gasteiger partial charge in [0.1, 0.15) is 11.7 Å². The lowest BCUT2D eigenvalue weighted by Gasteiger charge is -2.28. The van der Waals surface area contributed by atoms with Crippen LogP contribution >= 0.6 is 0 Å². The number of halogens is 3. The number of carbonyl (C=O) groups excluding carboxylic acids is 2. The Morgan fingerprint density at radius 2 is 1.47 bits per heavy atom. The second-order valence-electron chi connectivity index (χ2n) is 10.2. The molecule has 38 heavy (non-hydrogen) atoms. The van der Waals surface area contributed by atoms with Crippen LogP contribution in [0.25, 0.3) is 11.1 Å². The van der Waals surface area contributed by atoms with E-state index in [-0.39, 0.29) is 17.7 Å². The highest BCUT2D eigenvalue weighted by Gasteiger charge is 2.31. The summed E-state index contributed by atoms with van der Waals surface area (Å²) in [5.74, 6) is -3.42. The first-order chi connectivity index (χ1) is 17.6. The van der Waals surface area contributed by atoms with Gasteiger partial charge in [-0.2, -0.15) is 0 Å². The summed E-state index contributed by atoms with van der Waals surface area (Å²) >= 11 is 0. The van der Waals surface area contributed by atoms with Crippen molar-refractivity contribution in [1.29, 1.82) is 0 Å². The third kappa shape index (κ3) is 6.85. The van der Waals surface area contributed by atoms with Crippen LogP contribution in [-0.4, -0.2) is 32.3 Å². The van der Waals surface area contributed by atoms with Crippen molar-refractivity contribution in [3.63, 3.8) is 0 Å². The van der Waals surface area contributed by atoms with E-state index >= 15 is 0 Å². The smallest absolute Gasteiger partial charge is 0.540 e. The molecule has 0 atom stereocenters. The SMILES string of the molecule is Cc1cc(N(C)C)c(-c2ccc(OC(F)(F)F)cc2)cc1N(Cc1ccc(C(C)(C)C)cc1)C(=O)C(=O)[O-]. The van der Waals surface area contributed by atoms with Gasteiger partial charge >= 0.3 is 6.36 Å². The number of ether oxygens (including phenoxy) is 1. The Balaban J connectivity index is 2.09. The zero-order chi connectivity index (χ0) is 28.4. The molecule has 0 bridgehead atoms. The largest absolute Gasteiger partial charge is 0.573 e. The number of benzene rings is 3. The molecule has 0 aliphatic rings. The summed E-state index contributed by atoms with van der Waals surface area (Å²) in [4.78, 5) is 27.4. The minimum Gasteiger partial charge on any atom is -0.540 e. The molecule has 9 heteroatoms. The lowest BCUT2D eigenvalue weighted by Crippen LogP contribution is -2.44. The van der Waals surface area contributed by atoms with Crippen molar-refractivity contribution in [3.05, 3.63) is 77.4 Å². The van der Waals surface area contributed by atoms with E-state index in [0.29, 0.717) is 22.4 Å². The first kappa shape index (κ1) is 28.6. The lowest BCUT2D eigenvalue weighted by atomic mass is 9.86. The van der Waals surface area contributed by atoms with Crippen LogP contribution in [0.2, 0.25) is 0 Å². The molecule has 0 radical (unpaired) electrons. The molecule has 0 saturated heterocycles.